The molecule has 0 spiro atoms. The molecule has 1 saturated heterocycles. The maximum Gasteiger partial charge on any atom is 0.511 e. The highest BCUT2D eigenvalue weighted by Gasteiger charge is 2.51. The molecule has 2 heterocycles. The van der Waals surface area contributed by atoms with Crippen molar-refractivity contribution in [3.05, 3.63) is 35.4 Å². The average Bonchev–Trinajstić information content (AvgIpc) is 2.52. The molecule has 0 N–H and O–H groups in total. The van der Waals surface area contributed by atoms with Gasteiger partial charge in [-0.2, -0.15) is 17.5 Å². The van der Waals surface area contributed by atoms with Gasteiger partial charge in [0.15, 0.2) is 0 Å². The monoisotopic (exact) mass is 348 g/mol. The highest BCUT2D eigenvalue weighted by atomic mass is 32.2. The van der Waals surface area contributed by atoms with Crippen molar-refractivity contribution in [1.29, 1.82) is 0 Å². The van der Waals surface area contributed by atoms with Crippen LogP contribution in [0.15, 0.2) is 24.3 Å². The minimum absolute atomic E-state index is 0.00964. The number of nitrogens with zero attached hydrogens (tertiary/aromatic N) is 2. The summed E-state index contributed by atoms with van der Waals surface area (Å²) in [5, 5.41) is 0. The number of alkyl halides is 3. The predicted molar refractivity (Wildman–Crippen MR) is 80.2 cm³/mol. The Morgan fingerprint density at radius 1 is 1.22 bits per heavy atom. The summed E-state index contributed by atoms with van der Waals surface area (Å²) in [6, 6.07) is 7.26. The van der Waals surface area contributed by atoms with Gasteiger partial charge < -0.3 is 0 Å². The average molecular weight is 348 g/mol. The lowest BCUT2D eigenvalue weighted by atomic mass is 9.85. The molecule has 0 aliphatic carbocycles. The van der Waals surface area contributed by atoms with E-state index in [2.05, 4.69) is 4.90 Å². The summed E-state index contributed by atoms with van der Waals surface area (Å²) in [5.41, 5.74) is -2.93. The van der Waals surface area contributed by atoms with Crippen molar-refractivity contribution in [2.75, 3.05) is 20.1 Å². The third-order valence-corrected chi connectivity index (χ3v) is 6.60. The van der Waals surface area contributed by atoms with Crippen molar-refractivity contribution >= 4 is 10.0 Å². The van der Waals surface area contributed by atoms with Gasteiger partial charge in [0.05, 0.1) is 0 Å². The molecule has 1 fully saturated rings. The largest absolute Gasteiger partial charge is 0.511 e. The van der Waals surface area contributed by atoms with Gasteiger partial charge in [0.2, 0.25) is 0 Å². The van der Waals surface area contributed by atoms with Crippen LogP contribution < -0.4 is 0 Å². The number of piperidine rings is 1. The van der Waals surface area contributed by atoms with E-state index in [1.54, 1.807) is 0 Å². The van der Waals surface area contributed by atoms with Gasteiger partial charge in [-0.05, 0) is 30.4 Å². The van der Waals surface area contributed by atoms with E-state index in [1.807, 2.05) is 24.3 Å². The zero-order chi connectivity index (χ0) is 16.8. The Balaban J connectivity index is 1.85. The molecule has 4 nitrogen and oxygen atoms in total. The second-order valence-corrected chi connectivity index (χ2v) is 8.13. The topological polar surface area (TPSA) is 40.6 Å². The van der Waals surface area contributed by atoms with Crippen LogP contribution in [0.1, 0.15) is 30.0 Å². The van der Waals surface area contributed by atoms with Crippen LogP contribution in [-0.2, 0) is 16.4 Å². The Labute approximate surface area is 133 Å². The lowest BCUT2D eigenvalue weighted by Gasteiger charge is -2.45. The minimum atomic E-state index is -5.28. The van der Waals surface area contributed by atoms with E-state index in [9.17, 15) is 21.6 Å². The Bertz CT molecular complexity index is 690. The van der Waals surface area contributed by atoms with Crippen molar-refractivity contribution in [1.82, 2.24) is 9.21 Å². The Morgan fingerprint density at radius 3 is 2.61 bits per heavy atom. The van der Waals surface area contributed by atoms with Gasteiger partial charge >= 0.3 is 15.5 Å². The van der Waals surface area contributed by atoms with Crippen LogP contribution in [0.25, 0.3) is 0 Å². The van der Waals surface area contributed by atoms with E-state index in [-0.39, 0.29) is 6.04 Å². The number of benzene rings is 1. The molecule has 1 aromatic carbocycles. The van der Waals surface area contributed by atoms with Gasteiger partial charge in [-0.15, -0.1) is 0 Å². The quantitative estimate of drug-likeness (QED) is 0.825. The van der Waals surface area contributed by atoms with E-state index in [0.29, 0.717) is 23.7 Å². The first-order valence-corrected chi connectivity index (χ1v) is 9.02. The molecule has 0 saturated carbocycles. The second kappa shape index (κ2) is 5.75. The highest BCUT2D eigenvalue weighted by Crippen LogP contribution is 2.39. The standard InChI is InChI=1S/C15H19F3N2O2S/c1-19(23(21,22)15(16,17)18)12-7-9-20-8-6-11-4-2-3-5-13(11)14(20)10-12/h2-5,12,14H,6-10H2,1H3/t12-,14+/m1/s1. The third-order valence-electron chi connectivity index (χ3n) is 4.95. The SMILES string of the molecule is CN([C@@H]1CCN2CCc3ccccc3[C@@H]2C1)S(=O)(=O)C(F)(F)F. The molecule has 2 aliphatic heterocycles. The van der Waals surface area contributed by atoms with Crippen LogP contribution in [0.5, 0.6) is 0 Å². The van der Waals surface area contributed by atoms with E-state index in [0.717, 1.165) is 25.6 Å². The number of halogens is 3. The summed E-state index contributed by atoms with van der Waals surface area (Å²) in [7, 11) is -4.24. The minimum Gasteiger partial charge on any atom is -0.296 e. The van der Waals surface area contributed by atoms with Crippen LogP contribution in [0.2, 0.25) is 0 Å². The number of fused-ring (bicyclic) bond motifs is 3. The molecule has 2 atom stereocenters. The maximum atomic E-state index is 12.8. The first kappa shape index (κ1) is 16.7. The Morgan fingerprint density at radius 2 is 1.91 bits per heavy atom. The molecule has 0 amide bonds. The van der Waals surface area contributed by atoms with Crippen molar-refractivity contribution in [2.45, 2.75) is 36.9 Å². The van der Waals surface area contributed by atoms with Crippen LogP contribution in [0.4, 0.5) is 13.2 Å². The van der Waals surface area contributed by atoms with Gasteiger partial charge in [-0.25, -0.2) is 8.42 Å². The first-order chi connectivity index (χ1) is 10.7. The van der Waals surface area contributed by atoms with Crippen LogP contribution in [-0.4, -0.2) is 49.3 Å². The molecule has 0 unspecified atom stereocenters. The zero-order valence-electron chi connectivity index (χ0n) is 12.8. The Kier molecular flexibility index (Phi) is 4.18. The number of hydrogen-bond acceptors (Lipinski definition) is 3. The highest BCUT2D eigenvalue weighted by molar-refractivity contribution is 7.90. The first-order valence-electron chi connectivity index (χ1n) is 7.58. The second-order valence-electron chi connectivity index (χ2n) is 6.15. The summed E-state index contributed by atoms with van der Waals surface area (Å²) < 4.78 is 62.1. The van der Waals surface area contributed by atoms with Crippen molar-refractivity contribution in [3.63, 3.8) is 0 Å². The van der Waals surface area contributed by atoms with E-state index < -0.39 is 21.6 Å². The van der Waals surface area contributed by atoms with Gasteiger partial charge in [0.1, 0.15) is 0 Å². The fourth-order valence-corrected chi connectivity index (χ4v) is 4.54. The summed E-state index contributed by atoms with van der Waals surface area (Å²) in [6.45, 7) is 1.48. The molecule has 2 aliphatic rings. The summed E-state index contributed by atoms with van der Waals surface area (Å²) in [4.78, 5) is 2.24. The molecule has 1 aromatic rings. The number of rotatable bonds is 2. The van der Waals surface area contributed by atoms with Gasteiger partial charge in [0, 0.05) is 32.2 Å². The van der Waals surface area contributed by atoms with Crippen LogP contribution >= 0.6 is 0 Å². The van der Waals surface area contributed by atoms with Crippen LogP contribution in [0, 0.1) is 0 Å². The van der Waals surface area contributed by atoms with Crippen LogP contribution in [0.3, 0.4) is 0 Å². The van der Waals surface area contributed by atoms with Gasteiger partial charge in [-0.1, -0.05) is 24.3 Å². The van der Waals surface area contributed by atoms with Gasteiger partial charge in [0.25, 0.3) is 0 Å². The molecule has 8 heteroatoms. The van der Waals surface area contributed by atoms with E-state index in [4.69, 9.17) is 0 Å². The molecule has 128 valence electrons. The number of hydrogen-bond donors (Lipinski definition) is 0. The molecule has 0 aromatic heterocycles. The fourth-order valence-electron chi connectivity index (χ4n) is 3.63. The van der Waals surface area contributed by atoms with E-state index >= 15 is 0 Å². The third kappa shape index (κ3) is 2.88. The molecular weight excluding hydrogens is 329 g/mol. The molecule has 3 rings (SSSR count). The number of sulfonamides is 1. The summed E-state index contributed by atoms with van der Waals surface area (Å²) >= 11 is 0. The van der Waals surface area contributed by atoms with E-state index in [1.165, 1.54) is 5.56 Å². The lowest BCUT2D eigenvalue weighted by Crippen LogP contribution is -2.51. The summed E-state index contributed by atoms with van der Waals surface area (Å²) in [5.74, 6) is 0. The molecule has 0 bridgehead atoms. The van der Waals surface area contributed by atoms with Gasteiger partial charge in [-0.3, -0.25) is 4.90 Å². The molecule has 0 radical (unpaired) electrons. The Hall–Kier alpha value is -1.12. The van der Waals surface area contributed by atoms with Crippen molar-refractivity contribution in [2.24, 2.45) is 0 Å². The lowest BCUT2D eigenvalue weighted by molar-refractivity contribution is -0.0504. The smallest absolute Gasteiger partial charge is 0.296 e. The predicted octanol–water partition coefficient (Wildman–Crippen LogP) is 2.53. The fraction of sp³-hybridized carbons (Fsp3) is 0.600. The molecule has 23 heavy (non-hydrogen) atoms. The maximum absolute atomic E-state index is 12.8. The summed E-state index contributed by atoms with van der Waals surface area (Å²) in [6.07, 6.45) is 1.74. The van der Waals surface area contributed by atoms with Crippen molar-refractivity contribution < 1.29 is 21.6 Å². The zero-order valence-corrected chi connectivity index (χ0v) is 13.6. The van der Waals surface area contributed by atoms with Crippen molar-refractivity contribution in [3.8, 4) is 0 Å². The normalized spacial score (nSPS) is 26.0. The molecular formula is C15H19F3N2O2S.